The molecule has 1 aromatic carbocycles. The minimum atomic E-state index is 0.145. The van der Waals surface area contributed by atoms with E-state index >= 15 is 0 Å². The Bertz CT molecular complexity index is 307. The van der Waals surface area contributed by atoms with E-state index in [1.54, 1.807) is 12.1 Å². The second-order valence-electron chi connectivity index (χ2n) is 3.07. The van der Waals surface area contributed by atoms with Gasteiger partial charge in [-0.1, -0.05) is 6.07 Å². The highest BCUT2D eigenvalue weighted by molar-refractivity contribution is 5.49. The number of aryl methyl sites for hydroxylation is 1. The molecule has 14 heavy (non-hydrogen) atoms. The van der Waals surface area contributed by atoms with E-state index < -0.39 is 0 Å². The van der Waals surface area contributed by atoms with Gasteiger partial charge in [-0.3, -0.25) is 0 Å². The van der Waals surface area contributed by atoms with Gasteiger partial charge in [-0.15, -0.1) is 0 Å². The van der Waals surface area contributed by atoms with Gasteiger partial charge in [0.15, 0.2) is 11.5 Å². The van der Waals surface area contributed by atoms with Crippen molar-refractivity contribution < 1.29 is 14.6 Å². The Hall–Kier alpha value is -1.51. The molecule has 1 aromatic rings. The molecular weight excluding hydrogens is 180 g/mol. The molecule has 0 atom stereocenters. The van der Waals surface area contributed by atoms with Gasteiger partial charge in [-0.25, -0.2) is 0 Å². The zero-order valence-electron chi connectivity index (χ0n) is 8.19. The third-order valence-corrected chi connectivity index (χ3v) is 2.03. The fourth-order valence-corrected chi connectivity index (χ4v) is 1.27. The van der Waals surface area contributed by atoms with Crippen LogP contribution in [-0.2, 0) is 11.2 Å². The molecule has 0 aliphatic heterocycles. The number of carbonyl (C=O) groups is 1. The molecule has 0 saturated heterocycles. The van der Waals surface area contributed by atoms with E-state index in [-0.39, 0.29) is 5.75 Å². The van der Waals surface area contributed by atoms with Crippen LogP contribution < -0.4 is 4.74 Å². The van der Waals surface area contributed by atoms with E-state index in [1.165, 1.54) is 7.11 Å². The van der Waals surface area contributed by atoms with E-state index in [0.717, 1.165) is 24.7 Å². The van der Waals surface area contributed by atoms with Crippen molar-refractivity contribution in [2.75, 3.05) is 7.11 Å². The van der Waals surface area contributed by atoms with Gasteiger partial charge in [-0.2, -0.15) is 0 Å². The van der Waals surface area contributed by atoms with Crippen LogP contribution in [0, 0.1) is 0 Å². The molecule has 0 radical (unpaired) electrons. The van der Waals surface area contributed by atoms with Crippen molar-refractivity contribution in [2.45, 2.75) is 19.3 Å². The van der Waals surface area contributed by atoms with Gasteiger partial charge < -0.3 is 14.6 Å². The summed E-state index contributed by atoms with van der Waals surface area (Å²) < 4.78 is 4.97. The molecule has 0 heterocycles. The Morgan fingerprint density at radius 2 is 2.29 bits per heavy atom. The number of methoxy groups -OCH3 is 1. The van der Waals surface area contributed by atoms with Gasteiger partial charge in [-0.05, 0) is 30.5 Å². The Morgan fingerprint density at radius 3 is 2.93 bits per heavy atom. The van der Waals surface area contributed by atoms with Crippen LogP contribution in [0.1, 0.15) is 18.4 Å². The molecule has 0 saturated carbocycles. The summed E-state index contributed by atoms with van der Waals surface area (Å²) in [5.41, 5.74) is 1.07. The van der Waals surface area contributed by atoms with E-state index in [2.05, 4.69) is 0 Å². The number of phenols is 1. The highest BCUT2D eigenvalue weighted by atomic mass is 16.5. The average Bonchev–Trinajstić information content (AvgIpc) is 2.21. The lowest BCUT2D eigenvalue weighted by Gasteiger charge is -2.05. The maximum absolute atomic E-state index is 10.1. The Morgan fingerprint density at radius 1 is 1.50 bits per heavy atom. The summed E-state index contributed by atoms with van der Waals surface area (Å²) in [6.45, 7) is 0. The van der Waals surface area contributed by atoms with E-state index in [1.807, 2.05) is 6.07 Å². The number of phenolic OH excluding ortho intramolecular Hbond substituents is 1. The van der Waals surface area contributed by atoms with E-state index in [0.29, 0.717) is 12.2 Å². The van der Waals surface area contributed by atoms with Gasteiger partial charge in [0, 0.05) is 6.42 Å². The number of ether oxygens (including phenoxy) is 1. The topological polar surface area (TPSA) is 46.5 Å². The van der Waals surface area contributed by atoms with E-state index in [4.69, 9.17) is 4.74 Å². The number of carbonyl (C=O) groups excluding carboxylic acids is 1. The molecule has 3 nitrogen and oxygen atoms in total. The van der Waals surface area contributed by atoms with Crippen LogP contribution in [0.25, 0.3) is 0 Å². The molecule has 0 aliphatic carbocycles. The van der Waals surface area contributed by atoms with Gasteiger partial charge in [0.05, 0.1) is 7.11 Å². The average molecular weight is 194 g/mol. The second-order valence-corrected chi connectivity index (χ2v) is 3.07. The molecule has 0 bridgehead atoms. The predicted octanol–water partition coefficient (Wildman–Crippen LogP) is 1.92. The fourth-order valence-electron chi connectivity index (χ4n) is 1.27. The summed E-state index contributed by atoms with van der Waals surface area (Å²) in [7, 11) is 1.52. The number of unbranched alkanes of at least 4 members (excludes halogenated alkanes) is 1. The monoisotopic (exact) mass is 194 g/mol. The Balaban J connectivity index is 2.64. The highest BCUT2D eigenvalue weighted by Gasteiger charge is 2.01. The fraction of sp³-hybridized carbons (Fsp3) is 0.364. The second kappa shape index (κ2) is 5.27. The third-order valence-electron chi connectivity index (χ3n) is 2.03. The normalized spacial score (nSPS) is 9.79. The molecule has 3 heteroatoms. The highest BCUT2D eigenvalue weighted by Crippen LogP contribution is 2.26. The number of hydrogen-bond donors (Lipinski definition) is 1. The summed E-state index contributed by atoms with van der Waals surface area (Å²) >= 11 is 0. The maximum atomic E-state index is 10.1. The van der Waals surface area contributed by atoms with Crippen LogP contribution in [0.3, 0.4) is 0 Å². The molecule has 0 fully saturated rings. The third kappa shape index (κ3) is 2.76. The number of benzene rings is 1. The van der Waals surface area contributed by atoms with Gasteiger partial charge in [0.2, 0.25) is 0 Å². The van der Waals surface area contributed by atoms with Crippen LogP contribution in [0.2, 0.25) is 0 Å². The van der Waals surface area contributed by atoms with Crippen molar-refractivity contribution in [3.05, 3.63) is 23.8 Å². The zero-order valence-corrected chi connectivity index (χ0v) is 8.19. The largest absolute Gasteiger partial charge is 0.504 e. The minimum absolute atomic E-state index is 0.145. The minimum Gasteiger partial charge on any atom is -0.504 e. The lowest BCUT2D eigenvalue weighted by molar-refractivity contribution is -0.107. The van der Waals surface area contributed by atoms with Crippen LogP contribution in [-0.4, -0.2) is 18.5 Å². The van der Waals surface area contributed by atoms with Crippen LogP contribution >= 0.6 is 0 Å². The smallest absolute Gasteiger partial charge is 0.160 e. The lowest BCUT2D eigenvalue weighted by Crippen LogP contribution is -1.89. The SMILES string of the molecule is COc1cc(CCCC=O)ccc1O. The summed E-state index contributed by atoms with van der Waals surface area (Å²) in [6, 6.07) is 5.23. The summed E-state index contributed by atoms with van der Waals surface area (Å²) in [5, 5.41) is 9.33. The quantitative estimate of drug-likeness (QED) is 0.575. The molecule has 0 amide bonds. The van der Waals surface area contributed by atoms with Crippen molar-refractivity contribution in [1.82, 2.24) is 0 Å². The summed E-state index contributed by atoms with van der Waals surface area (Å²) in [4.78, 5) is 10.1. The number of aldehydes is 1. The molecule has 76 valence electrons. The van der Waals surface area contributed by atoms with Crippen LogP contribution in [0.4, 0.5) is 0 Å². The lowest BCUT2D eigenvalue weighted by atomic mass is 10.1. The Labute approximate surface area is 83.3 Å². The van der Waals surface area contributed by atoms with Crippen molar-refractivity contribution in [3.63, 3.8) is 0 Å². The van der Waals surface area contributed by atoms with Crippen LogP contribution in [0.5, 0.6) is 11.5 Å². The number of rotatable bonds is 5. The molecule has 0 aliphatic rings. The maximum Gasteiger partial charge on any atom is 0.160 e. The number of hydrogen-bond acceptors (Lipinski definition) is 3. The number of aromatic hydroxyl groups is 1. The molecule has 0 aromatic heterocycles. The standard InChI is InChI=1S/C11H14O3/c1-14-11-8-9(4-2-3-7-12)5-6-10(11)13/h5-8,13H,2-4H2,1H3. The summed E-state index contributed by atoms with van der Waals surface area (Å²) in [5.74, 6) is 0.625. The molecule has 1 rings (SSSR count). The van der Waals surface area contributed by atoms with Gasteiger partial charge in [0.25, 0.3) is 0 Å². The van der Waals surface area contributed by atoms with Crippen molar-refractivity contribution >= 4 is 6.29 Å². The van der Waals surface area contributed by atoms with Crippen LogP contribution in [0.15, 0.2) is 18.2 Å². The van der Waals surface area contributed by atoms with E-state index in [9.17, 15) is 9.90 Å². The van der Waals surface area contributed by atoms with Gasteiger partial charge in [0.1, 0.15) is 6.29 Å². The van der Waals surface area contributed by atoms with Crippen molar-refractivity contribution in [2.24, 2.45) is 0 Å². The Kier molecular flexibility index (Phi) is 3.98. The molecule has 0 spiro atoms. The van der Waals surface area contributed by atoms with Gasteiger partial charge >= 0.3 is 0 Å². The molecular formula is C11H14O3. The zero-order chi connectivity index (χ0) is 10.4. The first-order valence-corrected chi connectivity index (χ1v) is 4.57. The first kappa shape index (κ1) is 10.6. The first-order valence-electron chi connectivity index (χ1n) is 4.57. The molecule has 1 N–H and O–H groups in total. The van der Waals surface area contributed by atoms with Crippen molar-refractivity contribution in [3.8, 4) is 11.5 Å². The summed E-state index contributed by atoms with van der Waals surface area (Å²) in [6.07, 6.45) is 3.15. The molecule has 0 unspecified atom stereocenters. The predicted molar refractivity (Wildman–Crippen MR) is 53.7 cm³/mol. The van der Waals surface area contributed by atoms with Crippen molar-refractivity contribution in [1.29, 1.82) is 0 Å². The first-order chi connectivity index (χ1) is 6.77.